The molecule has 0 saturated carbocycles. The highest BCUT2D eigenvalue weighted by Gasteiger charge is 2.31. The number of furan rings is 1. The normalized spacial score (nSPS) is 11.2. The number of nitrogens with one attached hydrogen (secondary N) is 1. The zero-order valence-electron chi connectivity index (χ0n) is 9.96. The Morgan fingerprint density at radius 3 is 2.60 bits per heavy atom. The monoisotopic (exact) mass is 344 g/mol. The Hall–Kier alpha value is -1.94. The van der Waals surface area contributed by atoms with Crippen LogP contribution in [0.25, 0.3) is 0 Å². The van der Waals surface area contributed by atoms with Crippen molar-refractivity contribution in [3.63, 3.8) is 0 Å². The molecular weight excluding hydrogens is 337 g/mol. The first-order valence-corrected chi connectivity index (χ1v) is 6.28. The van der Waals surface area contributed by atoms with Gasteiger partial charge in [-0.3, -0.25) is 0 Å². The minimum atomic E-state index is -4.46. The highest BCUT2D eigenvalue weighted by Crippen LogP contribution is 2.32. The number of anilines is 1. The molecule has 0 bridgehead atoms. The van der Waals surface area contributed by atoms with Crippen molar-refractivity contribution in [3.8, 4) is 6.07 Å². The molecule has 1 N–H and O–H groups in total. The van der Waals surface area contributed by atoms with Gasteiger partial charge in [-0.15, -0.1) is 0 Å². The first kappa shape index (κ1) is 14.5. The molecule has 2 aromatic rings. The van der Waals surface area contributed by atoms with Crippen LogP contribution in [0.15, 0.2) is 39.4 Å². The van der Waals surface area contributed by atoms with E-state index in [9.17, 15) is 13.2 Å². The minimum Gasteiger partial charge on any atom is -0.466 e. The molecule has 104 valence electrons. The maximum absolute atomic E-state index is 12.5. The molecule has 0 aliphatic carbocycles. The average molecular weight is 345 g/mol. The highest BCUT2D eigenvalue weighted by atomic mass is 79.9. The smallest absolute Gasteiger partial charge is 0.416 e. The van der Waals surface area contributed by atoms with Crippen molar-refractivity contribution < 1.29 is 17.6 Å². The number of hydrogen-bond acceptors (Lipinski definition) is 3. The number of nitriles is 1. The fourth-order valence-corrected chi connectivity index (χ4v) is 1.94. The van der Waals surface area contributed by atoms with E-state index in [-0.39, 0.29) is 12.1 Å². The van der Waals surface area contributed by atoms with Crippen LogP contribution in [0.1, 0.15) is 16.9 Å². The molecule has 0 fully saturated rings. The second-order valence-electron chi connectivity index (χ2n) is 3.92. The van der Waals surface area contributed by atoms with E-state index in [1.807, 2.05) is 0 Å². The van der Waals surface area contributed by atoms with E-state index < -0.39 is 11.7 Å². The van der Waals surface area contributed by atoms with E-state index >= 15 is 0 Å². The van der Waals surface area contributed by atoms with Crippen molar-refractivity contribution in [2.24, 2.45) is 0 Å². The van der Waals surface area contributed by atoms with Gasteiger partial charge in [0.05, 0.1) is 34.1 Å². The Morgan fingerprint density at radius 2 is 2.05 bits per heavy atom. The molecule has 0 amide bonds. The summed E-state index contributed by atoms with van der Waals surface area (Å²) in [5, 5.41) is 11.8. The van der Waals surface area contributed by atoms with Crippen molar-refractivity contribution in [2.45, 2.75) is 12.7 Å². The lowest BCUT2D eigenvalue weighted by Crippen LogP contribution is -2.07. The quantitative estimate of drug-likeness (QED) is 0.888. The van der Waals surface area contributed by atoms with Gasteiger partial charge in [0, 0.05) is 0 Å². The summed E-state index contributed by atoms with van der Waals surface area (Å²) < 4.78 is 43.6. The van der Waals surface area contributed by atoms with E-state index in [0.29, 0.717) is 11.4 Å². The third-order valence-electron chi connectivity index (χ3n) is 2.60. The molecule has 2 rings (SSSR count). The van der Waals surface area contributed by atoms with Gasteiger partial charge in [-0.1, -0.05) is 0 Å². The Balaban J connectivity index is 2.21. The van der Waals surface area contributed by atoms with Gasteiger partial charge in [-0.2, -0.15) is 18.4 Å². The number of hydrogen-bond donors (Lipinski definition) is 1. The predicted molar refractivity (Wildman–Crippen MR) is 69.9 cm³/mol. The number of nitrogens with zero attached hydrogens (tertiary/aromatic N) is 1. The van der Waals surface area contributed by atoms with Crippen molar-refractivity contribution in [1.82, 2.24) is 0 Å². The molecule has 0 spiro atoms. The average Bonchev–Trinajstić information content (AvgIpc) is 2.80. The lowest BCUT2D eigenvalue weighted by atomic mass is 10.1. The van der Waals surface area contributed by atoms with Crippen LogP contribution in [0, 0.1) is 11.3 Å². The van der Waals surface area contributed by atoms with Gasteiger partial charge in [0.2, 0.25) is 0 Å². The molecule has 0 aliphatic rings. The first-order chi connectivity index (χ1) is 9.41. The van der Waals surface area contributed by atoms with Crippen LogP contribution in [-0.4, -0.2) is 0 Å². The molecule has 0 atom stereocenters. The SMILES string of the molecule is N#Cc1cc(C(F)(F)F)ccc1NCc1occc1Br. The Morgan fingerprint density at radius 1 is 1.30 bits per heavy atom. The summed E-state index contributed by atoms with van der Waals surface area (Å²) in [6.07, 6.45) is -2.98. The standard InChI is InChI=1S/C13H8BrF3N2O/c14-10-3-4-20-12(10)7-19-11-2-1-9(13(15,16)17)5-8(11)6-18/h1-5,19H,7H2. The first-order valence-electron chi connectivity index (χ1n) is 5.49. The van der Waals surface area contributed by atoms with Crippen LogP contribution in [0.3, 0.4) is 0 Å². The third-order valence-corrected chi connectivity index (χ3v) is 3.30. The van der Waals surface area contributed by atoms with Crippen LogP contribution in [0.2, 0.25) is 0 Å². The summed E-state index contributed by atoms with van der Waals surface area (Å²) in [6, 6.07) is 6.44. The lowest BCUT2D eigenvalue weighted by molar-refractivity contribution is -0.137. The molecule has 0 unspecified atom stereocenters. The van der Waals surface area contributed by atoms with Crippen LogP contribution >= 0.6 is 15.9 Å². The number of alkyl halides is 3. The van der Waals surface area contributed by atoms with Gasteiger partial charge < -0.3 is 9.73 Å². The van der Waals surface area contributed by atoms with Crippen LogP contribution in [0.4, 0.5) is 18.9 Å². The summed E-state index contributed by atoms with van der Waals surface area (Å²) in [5.41, 5.74) is -0.593. The van der Waals surface area contributed by atoms with Crippen LogP contribution < -0.4 is 5.32 Å². The fourth-order valence-electron chi connectivity index (χ4n) is 1.59. The molecule has 0 saturated heterocycles. The molecular formula is C13H8BrF3N2O. The largest absolute Gasteiger partial charge is 0.466 e. The van der Waals surface area contributed by atoms with E-state index in [2.05, 4.69) is 21.2 Å². The van der Waals surface area contributed by atoms with Crippen molar-refractivity contribution in [2.75, 3.05) is 5.32 Å². The summed E-state index contributed by atoms with van der Waals surface area (Å²) in [5.74, 6) is 0.591. The maximum atomic E-state index is 12.5. The topological polar surface area (TPSA) is 49.0 Å². The molecule has 20 heavy (non-hydrogen) atoms. The van der Waals surface area contributed by atoms with Gasteiger partial charge in [0.25, 0.3) is 0 Å². The number of rotatable bonds is 3. The molecule has 1 aromatic heterocycles. The highest BCUT2D eigenvalue weighted by molar-refractivity contribution is 9.10. The third kappa shape index (κ3) is 3.14. The van der Waals surface area contributed by atoms with E-state index in [1.165, 1.54) is 12.3 Å². The molecule has 3 nitrogen and oxygen atoms in total. The Bertz CT molecular complexity index is 658. The van der Waals surface area contributed by atoms with Gasteiger partial charge in [-0.05, 0) is 40.2 Å². The summed E-state index contributed by atoms with van der Waals surface area (Å²) >= 11 is 3.27. The predicted octanol–water partition coefficient (Wildman–Crippen LogP) is 4.54. The van der Waals surface area contributed by atoms with Gasteiger partial charge in [0.15, 0.2) is 0 Å². The molecule has 1 heterocycles. The zero-order chi connectivity index (χ0) is 14.8. The molecule has 0 radical (unpaired) electrons. The second-order valence-corrected chi connectivity index (χ2v) is 4.77. The second kappa shape index (κ2) is 5.59. The fraction of sp³-hybridized carbons (Fsp3) is 0.154. The van der Waals surface area contributed by atoms with Crippen LogP contribution in [0.5, 0.6) is 0 Å². The van der Waals surface area contributed by atoms with Crippen LogP contribution in [-0.2, 0) is 12.7 Å². The number of benzene rings is 1. The molecule has 0 aliphatic heterocycles. The lowest BCUT2D eigenvalue weighted by Gasteiger charge is -2.11. The summed E-state index contributed by atoms with van der Waals surface area (Å²) in [4.78, 5) is 0. The van der Waals surface area contributed by atoms with E-state index in [0.717, 1.165) is 16.6 Å². The summed E-state index contributed by atoms with van der Waals surface area (Å²) in [6.45, 7) is 0.258. The zero-order valence-corrected chi connectivity index (χ0v) is 11.5. The van der Waals surface area contributed by atoms with Crippen molar-refractivity contribution in [1.29, 1.82) is 5.26 Å². The Kier molecular flexibility index (Phi) is 4.04. The molecule has 1 aromatic carbocycles. The minimum absolute atomic E-state index is 0.0671. The Labute approximate surface area is 121 Å². The van der Waals surface area contributed by atoms with E-state index in [1.54, 1.807) is 12.1 Å². The van der Waals surface area contributed by atoms with Crippen molar-refractivity contribution in [3.05, 3.63) is 51.9 Å². The van der Waals surface area contributed by atoms with Gasteiger partial charge >= 0.3 is 6.18 Å². The van der Waals surface area contributed by atoms with Gasteiger partial charge in [0.1, 0.15) is 11.8 Å². The number of halogens is 4. The maximum Gasteiger partial charge on any atom is 0.416 e. The summed E-state index contributed by atoms with van der Waals surface area (Å²) in [7, 11) is 0. The molecule has 7 heteroatoms. The van der Waals surface area contributed by atoms with E-state index in [4.69, 9.17) is 9.68 Å². The van der Waals surface area contributed by atoms with Crippen molar-refractivity contribution >= 4 is 21.6 Å². The van der Waals surface area contributed by atoms with Gasteiger partial charge in [-0.25, -0.2) is 0 Å².